The summed E-state index contributed by atoms with van der Waals surface area (Å²) in [5, 5.41) is 8.25. The number of amides is 2. The molecule has 0 unspecified atom stereocenters. The predicted molar refractivity (Wildman–Crippen MR) is 147 cm³/mol. The Kier molecular flexibility index (Phi) is 7.33. The third kappa shape index (κ3) is 5.70. The van der Waals surface area contributed by atoms with Crippen molar-refractivity contribution in [3.8, 4) is 11.3 Å². The van der Waals surface area contributed by atoms with Crippen molar-refractivity contribution in [2.45, 2.75) is 51.8 Å². The molecule has 40 heavy (non-hydrogen) atoms. The summed E-state index contributed by atoms with van der Waals surface area (Å²) < 4.78 is 21.3. The molecule has 0 spiro atoms. The number of ether oxygens (including phenoxy) is 1. The van der Waals surface area contributed by atoms with Crippen LogP contribution in [0.15, 0.2) is 49.1 Å². The average Bonchev–Trinajstić information content (AvgIpc) is 3.32. The van der Waals surface area contributed by atoms with Crippen molar-refractivity contribution in [2.24, 2.45) is 0 Å². The van der Waals surface area contributed by atoms with Crippen LogP contribution >= 0.6 is 0 Å². The fraction of sp³-hybridized carbons (Fsp3) is 0.357. The quantitative estimate of drug-likeness (QED) is 0.381. The molecule has 1 atom stereocenters. The number of nitrogens with two attached hydrogens (primary N) is 1. The monoisotopic (exact) mass is 546 g/mol. The van der Waals surface area contributed by atoms with Crippen LogP contribution in [0.1, 0.15) is 55.6 Å². The van der Waals surface area contributed by atoms with Crippen molar-refractivity contribution in [1.82, 2.24) is 34.9 Å². The summed E-state index contributed by atoms with van der Waals surface area (Å²) in [5.74, 6) is -0.891. The van der Waals surface area contributed by atoms with Crippen LogP contribution in [-0.4, -0.2) is 60.3 Å². The number of pyridine rings is 1. The second-order valence-corrected chi connectivity index (χ2v) is 10.7. The zero-order valence-electron chi connectivity index (χ0n) is 22.6. The summed E-state index contributed by atoms with van der Waals surface area (Å²) in [4.78, 5) is 39.1. The number of nitrogen functional groups attached to an aromatic ring is 1. The van der Waals surface area contributed by atoms with Gasteiger partial charge in [-0.2, -0.15) is 5.10 Å². The van der Waals surface area contributed by atoms with E-state index >= 15 is 0 Å². The molecule has 2 amide bonds. The van der Waals surface area contributed by atoms with Gasteiger partial charge in [0, 0.05) is 31.4 Å². The van der Waals surface area contributed by atoms with E-state index < -0.39 is 17.3 Å². The van der Waals surface area contributed by atoms with Gasteiger partial charge in [0.1, 0.15) is 23.4 Å². The van der Waals surface area contributed by atoms with E-state index in [4.69, 9.17) is 15.6 Å². The smallest absolute Gasteiger partial charge is 0.410 e. The van der Waals surface area contributed by atoms with Crippen LogP contribution < -0.4 is 11.1 Å². The average molecular weight is 547 g/mol. The number of carbonyl (C=O) groups excluding carboxylic acids is 2. The molecule has 5 rings (SSSR count). The molecule has 11 nitrogen and oxygen atoms in total. The summed E-state index contributed by atoms with van der Waals surface area (Å²) in [6, 6.07) is 8.68. The molecule has 0 radical (unpaired) electrons. The zero-order chi connectivity index (χ0) is 28.4. The van der Waals surface area contributed by atoms with E-state index in [1.54, 1.807) is 4.90 Å². The molecular formula is C28H31FN8O3. The van der Waals surface area contributed by atoms with E-state index in [2.05, 4.69) is 20.3 Å². The number of piperidine rings is 1. The number of anilines is 1. The fourth-order valence-electron chi connectivity index (χ4n) is 4.72. The first-order chi connectivity index (χ1) is 19.1. The first-order valence-corrected chi connectivity index (χ1v) is 13.0. The van der Waals surface area contributed by atoms with Gasteiger partial charge < -0.3 is 20.7 Å². The highest BCUT2D eigenvalue weighted by Gasteiger charge is 2.31. The topological polar surface area (TPSA) is 141 Å². The van der Waals surface area contributed by atoms with Gasteiger partial charge in [0.2, 0.25) is 0 Å². The molecule has 1 fully saturated rings. The number of halogens is 1. The standard InChI is InChI=1S/C28H31FN8O3/c1-28(2,3)40-27(39)36-12-4-5-19(15-36)37-25-22(24(30)33-16-34-25)23(35-37)18-8-6-17(7-9-18)13-32-26(38)20-10-11-31-14-21(20)29/h6-11,14,16,19H,4-5,12-13,15H2,1-3H3,(H,32,38)(H2,30,33,34)/t19-/m1/s1. The molecule has 208 valence electrons. The van der Waals surface area contributed by atoms with Crippen molar-refractivity contribution in [1.29, 1.82) is 0 Å². The lowest BCUT2D eigenvalue weighted by Crippen LogP contribution is -2.43. The number of benzene rings is 1. The van der Waals surface area contributed by atoms with E-state index in [0.29, 0.717) is 35.6 Å². The van der Waals surface area contributed by atoms with Gasteiger partial charge in [0.15, 0.2) is 11.5 Å². The van der Waals surface area contributed by atoms with Crippen LogP contribution in [0.3, 0.4) is 0 Å². The maximum atomic E-state index is 13.9. The van der Waals surface area contributed by atoms with Gasteiger partial charge in [-0.25, -0.2) is 23.8 Å². The highest BCUT2D eigenvalue weighted by atomic mass is 19.1. The van der Waals surface area contributed by atoms with Gasteiger partial charge in [-0.1, -0.05) is 24.3 Å². The normalized spacial score (nSPS) is 15.7. The third-order valence-electron chi connectivity index (χ3n) is 6.61. The van der Waals surface area contributed by atoms with E-state index in [1.807, 2.05) is 49.7 Å². The van der Waals surface area contributed by atoms with E-state index in [-0.39, 0.29) is 24.2 Å². The van der Waals surface area contributed by atoms with Crippen LogP contribution in [0.25, 0.3) is 22.3 Å². The highest BCUT2D eigenvalue weighted by molar-refractivity contribution is 5.98. The molecular weight excluding hydrogens is 515 g/mol. The number of fused-ring (bicyclic) bond motifs is 1. The lowest BCUT2D eigenvalue weighted by Gasteiger charge is -2.34. The second-order valence-electron chi connectivity index (χ2n) is 10.7. The molecule has 4 aromatic rings. The minimum atomic E-state index is -0.676. The molecule has 1 saturated heterocycles. The lowest BCUT2D eigenvalue weighted by molar-refractivity contribution is 0.0169. The minimum absolute atomic E-state index is 0.0629. The summed E-state index contributed by atoms with van der Waals surface area (Å²) in [7, 11) is 0. The van der Waals surface area contributed by atoms with Gasteiger partial charge in [0.25, 0.3) is 5.91 Å². The molecule has 4 heterocycles. The van der Waals surface area contributed by atoms with Crippen molar-refractivity contribution in [2.75, 3.05) is 18.8 Å². The molecule has 0 aliphatic carbocycles. The molecule has 3 N–H and O–H groups in total. The van der Waals surface area contributed by atoms with Crippen LogP contribution in [0.2, 0.25) is 0 Å². The number of nitrogens with one attached hydrogen (secondary N) is 1. The Hall–Kier alpha value is -4.61. The van der Waals surface area contributed by atoms with E-state index in [9.17, 15) is 14.0 Å². The maximum absolute atomic E-state index is 13.9. The molecule has 12 heteroatoms. The zero-order valence-corrected chi connectivity index (χ0v) is 22.6. The highest BCUT2D eigenvalue weighted by Crippen LogP contribution is 2.34. The minimum Gasteiger partial charge on any atom is -0.444 e. The predicted octanol–water partition coefficient (Wildman–Crippen LogP) is 4.11. The molecule has 1 aromatic carbocycles. The number of hydrogen-bond acceptors (Lipinski definition) is 8. The van der Waals surface area contributed by atoms with Gasteiger partial charge in [-0.3, -0.25) is 9.78 Å². The first kappa shape index (κ1) is 27.0. The number of rotatable bonds is 5. The van der Waals surface area contributed by atoms with Gasteiger partial charge in [0.05, 0.1) is 23.2 Å². The van der Waals surface area contributed by atoms with Crippen molar-refractivity contribution in [3.05, 3.63) is 66.0 Å². The summed E-state index contributed by atoms with van der Waals surface area (Å²) in [6.45, 7) is 6.80. The van der Waals surface area contributed by atoms with Crippen LogP contribution in [-0.2, 0) is 11.3 Å². The third-order valence-corrected chi connectivity index (χ3v) is 6.61. The lowest BCUT2D eigenvalue weighted by atomic mass is 10.1. The number of aromatic nitrogens is 5. The van der Waals surface area contributed by atoms with Crippen LogP contribution in [0.5, 0.6) is 0 Å². The molecule has 3 aromatic heterocycles. The summed E-state index contributed by atoms with van der Waals surface area (Å²) >= 11 is 0. The first-order valence-electron chi connectivity index (χ1n) is 13.0. The van der Waals surface area contributed by atoms with Gasteiger partial charge in [-0.15, -0.1) is 0 Å². The van der Waals surface area contributed by atoms with E-state index in [1.165, 1.54) is 18.6 Å². The van der Waals surface area contributed by atoms with E-state index in [0.717, 1.165) is 30.2 Å². The SMILES string of the molecule is CC(C)(C)OC(=O)N1CCC[C@@H](n2nc(-c3ccc(CNC(=O)c4ccncc4F)cc3)c3c(N)ncnc32)C1. The Balaban J connectivity index is 1.37. The fourth-order valence-corrected chi connectivity index (χ4v) is 4.72. The molecule has 0 saturated carbocycles. The van der Waals surface area contributed by atoms with Gasteiger partial charge in [-0.05, 0) is 45.2 Å². The van der Waals surface area contributed by atoms with Crippen LogP contribution in [0.4, 0.5) is 15.0 Å². The van der Waals surface area contributed by atoms with Crippen molar-refractivity contribution in [3.63, 3.8) is 0 Å². The van der Waals surface area contributed by atoms with Crippen LogP contribution in [0, 0.1) is 5.82 Å². The number of likely N-dealkylation sites (tertiary alicyclic amines) is 1. The Morgan fingerprint density at radius 3 is 2.67 bits per heavy atom. The molecule has 1 aliphatic rings. The number of hydrogen-bond donors (Lipinski definition) is 2. The number of nitrogens with zero attached hydrogens (tertiary/aromatic N) is 6. The largest absolute Gasteiger partial charge is 0.444 e. The molecule has 1 aliphatic heterocycles. The van der Waals surface area contributed by atoms with Crippen molar-refractivity contribution < 1.29 is 18.7 Å². The summed E-state index contributed by atoms with van der Waals surface area (Å²) in [5.41, 5.74) is 8.47. The molecule has 0 bridgehead atoms. The Morgan fingerprint density at radius 2 is 1.95 bits per heavy atom. The Morgan fingerprint density at radius 1 is 1.18 bits per heavy atom. The van der Waals surface area contributed by atoms with Gasteiger partial charge >= 0.3 is 6.09 Å². The maximum Gasteiger partial charge on any atom is 0.410 e. The number of carbonyl (C=O) groups is 2. The summed E-state index contributed by atoms with van der Waals surface area (Å²) in [6.07, 6.45) is 5.04. The Labute approximate surface area is 230 Å². The van der Waals surface area contributed by atoms with Crippen molar-refractivity contribution >= 4 is 28.9 Å². The second kappa shape index (κ2) is 10.9. The Bertz CT molecular complexity index is 1550.